The van der Waals surface area contributed by atoms with Crippen molar-refractivity contribution in [1.82, 2.24) is 14.5 Å². The van der Waals surface area contributed by atoms with Gasteiger partial charge in [0.05, 0.1) is 16.1 Å². The van der Waals surface area contributed by atoms with E-state index in [4.69, 9.17) is 4.74 Å². The lowest BCUT2D eigenvalue weighted by Gasteiger charge is -2.36. The number of carbonyl (C=O) groups is 1. The molecule has 6 nitrogen and oxygen atoms in total. The molecule has 0 aliphatic carbocycles. The highest BCUT2D eigenvalue weighted by molar-refractivity contribution is 7.20. The van der Waals surface area contributed by atoms with Crippen molar-refractivity contribution in [2.45, 2.75) is 43.9 Å². The molecule has 2 fully saturated rings. The second-order valence-electron chi connectivity index (χ2n) is 7.66. The van der Waals surface area contributed by atoms with Crippen molar-refractivity contribution in [3.63, 3.8) is 0 Å². The van der Waals surface area contributed by atoms with Crippen LogP contribution in [0.5, 0.6) is 5.75 Å². The number of aldehydes is 1. The lowest BCUT2D eigenvalue weighted by atomic mass is 10.0. The molecule has 0 N–H and O–H groups in total. The zero-order chi connectivity index (χ0) is 19.3. The van der Waals surface area contributed by atoms with Gasteiger partial charge in [0.1, 0.15) is 22.9 Å². The first-order chi connectivity index (χ1) is 13.6. The highest BCUT2D eigenvalue weighted by Crippen LogP contribution is 2.36. The summed E-state index contributed by atoms with van der Waals surface area (Å²) in [7, 11) is 2.22. The van der Waals surface area contributed by atoms with E-state index in [-0.39, 0.29) is 11.7 Å². The average molecular weight is 395 g/mol. The number of hydrogen-bond donors (Lipinski definition) is 0. The van der Waals surface area contributed by atoms with E-state index in [9.17, 15) is 9.59 Å². The van der Waals surface area contributed by atoms with Crippen LogP contribution in [0.2, 0.25) is 0 Å². The molecule has 3 aromatic rings. The molecule has 2 bridgehead atoms. The molecule has 5 rings (SSSR count). The van der Waals surface area contributed by atoms with Crippen LogP contribution in [0.4, 0.5) is 0 Å². The van der Waals surface area contributed by atoms with Gasteiger partial charge in [-0.3, -0.25) is 14.2 Å². The number of ether oxygens (including phenoxy) is 1. The van der Waals surface area contributed by atoms with Gasteiger partial charge in [-0.2, -0.15) is 0 Å². The van der Waals surface area contributed by atoms with E-state index in [0.717, 1.165) is 30.6 Å². The lowest BCUT2D eigenvalue weighted by Crippen LogP contribution is -2.43. The average Bonchev–Trinajstić information content (AvgIpc) is 3.21. The summed E-state index contributed by atoms with van der Waals surface area (Å²) in [5.74, 6) is 0.833. The Morgan fingerprint density at radius 3 is 2.57 bits per heavy atom. The first kappa shape index (κ1) is 17.6. The van der Waals surface area contributed by atoms with E-state index in [0.29, 0.717) is 27.2 Å². The first-order valence-corrected chi connectivity index (χ1v) is 10.4. The van der Waals surface area contributed by atoms with E-state index in [1.54, 1.807) is 6.07 Å². The standard InChI is InChI=1S/C21H21N3O3S/c1-23-14-2-3-15(23)9-17(8-14)27-16-6-4-13(5-7-16)24-12-22-19-10-18(11-25)28-20(19)21(24)26/h4-7,10-12,14-15,17H,2-3,8-9H2,1H3. The SMILES string of the molecule is CN1C2CCC1CC(Oc1ccc(-n3cnc4cc(C=O)sc4c3=O)cc1)C2. The summed E-state index contributed by atoms with van der Waals surface area (Å²) in [4.78, 5) is 31.0. The van der Waals surface area contributed by atoms with Gasteiger partial charge in [-0.25, -0.2) is 4.98 Å². The van der Waals surface area contributed by atoms with E-state index < -0.39 is 0 Å². The number of piperidine rings is 1. The maximum Gasteiger partial charge on any atom is 0.275 e. The number of benzene rings is 1. The zero-order valence-corrected chi connectivity index (χ0v) is 16.4. The summed E-state index contributed by atoms with van der Waals surface area (Å²) < 4.78 is 8.23. The normalized spacial score (nSPS) is 24.5. The first-order valence-electron chi connectivity index (χ1n) is 9.58. The van der Waals surface area contributed by atoms with Crippen molar-refractivity contribution in [2.75, 3.05) is 7.05 Å². The molecule has 1 aromatic carbocycles. The lowest BCUT2D eigenvalue weighted by molar-refractivity contribution is 0.0662. The van der Waals surface area contributed by atoms with Crippen molar-refractivity contribution in [3.05, 3.63) is 51.9 Å². The third-order valence-corrected chi connectivity index (χ3v) is 7.08. The van der Waals surface area contributed by atoms with Gasteiger partial charge in [-0.15, -0.1) is 11.3 Å². The molecular weight excluding hydrogens is 374 g/mol. The highest BCUT2D eigenvalue weighted by Gasteiger charge is 2.39. The Labute approximate surface area is 166 Å². The molecule has 0 spiro atoms. The fourth-order valence-corrected chi connectivity index (χ4v) is 5.36. The van der Waals surface area contributed by atoms with Crippen molar-refractivity contribution in [1.29, 1.82) is 0 Å². The third-order valence-electron chi connectivity index (χ3n) is 6.05. The Bertz CT molecular complexity index is 1070. The number of fused-ring (bicyclic) bond motifs is 3. The van der Waals surface area contributed by atoms with Crippen molar-refractivity contribution in [2.24, 2.45) is 0 Å². The van der Waals surface area contributed by atoms with Crippen LogP contribution in [0.1, 0.15) is 35.4 Å². The predicted octanol–water partition coefficient (Wildman–Crippen LogP) is 3.26. The minimum absolute atomic E-state index is 0.163. The van der Waals surface area contributed by atoms with Crippen LogP contribution in [0.25, 0.3) is 15.9 Å². The quantitative estimate of drug-likeness (QED) is 0.635. The molecule has 4 heterocycles. The molecule has 2 atom stereocenters. The Balaban J connectivity index is 1.37. The maximum atomic E-state index is 12.8. The van der Waals surface area contributed by atoms with Crippen LogP contribution in [0, 0.1) is 0 Å². The molecule has 0 saturated carbocycles. The maximum absolute atomic E-state index is 12.8. The summed E-state index contributed by atoms with van der Waals surface area (Å²) in [6.07, 6.45) is 7.21. The molecular formula is C21H21N3O3S. The van der Waals surface area contributed by atoms with Gasteiger partial charge in [0.25, 0.3) is 5.56 Å². The van der Waals surface area contributed by atoms with Gasteiger partial charge >= 0.3 is 0 Å². The molecule has 2 aliphatic rings. The third kappa shape index (κ3) is 2.95. The highest BCUT2D eigenvalue weighted by atomic mass is 32.1. The number of aromatic nitrogens is 2. The second kappa shape index (κ2) is 6.83. The minimum atomic E-state index is -0.163. The van der Waals surface area contributed by atoms with E-state index in [1.807, 2.05) is 24.3 Å². The minimum Gasteiger partial charge on any atom is -0.490 e. The molecule has 0 radical (unpaired) electrons. The molecule has 144 valence electrons. The molecule has 28 heavy (non-hydrogen) atoms. The molecule has 2 unspecified atom stereocenters. The largest absolute Gasteiger partial charge is 0.490 e. The van der Waals surface area contributed by atoms with Gasteiger partial charge in [-0.1, -0.05) is 0 Å². The van der Waals surface area contributed by atoms with Crippen molar-refractivity contribution >= 4 is 27.8 Å². The van der Waals surface area contributed by atoms with Crippen LogP contribution >= 0.6 is 11.3 Å². The zero-order valence-electron chi connectivity index (χ0n) is 15.6. The number of carbonyl (C=O) groups excluding carboxylic acids is 1. The summed E-state index contributed by atoms with van der Waals surface area (Å²) >= 11 is 1.17. The molecule has 2 aromatic heterocycles. The van der Waals surface area contributed by atoms with E-state index in [1.165, 1.54) is 35.1 Å². The Hall–Kier alpha value is -2.51. The van der Waals surface area contributed by atoms with Crippen LogP contribution in [0.15, 0.2) is 41.5 Å². The number of hydrogen-bond acceptors (Lipinski definition) is 6. The van der Waals surface area contributed by atoms with Gasteiger partial charge in [-0.05, 0) is 63.1 Å². The van der Waals surface area contributed by atoms with E-state index in [2.05, 4.69) is 16.9 Å². The van der Waals surface area contributed by atoms with Gasteiger partial charge in [0.15, 0.2) is 6.29 Å². The van der Waals surface area contributed by atoms with Crippen LogP contribution in [-0.4, -0.2) is 46.0 Å². The molecule has 2 saturated heterocycles. The van der Waals surface area contributed by atoms with E-state index >= 15 is 0 Å². The topological polar surface area (TPSA) is 64.4 Å². The Kier molecular flexibility index (Phi) is 4.29. The number of rotatable bonds is 4. The summed E-state index contributed by atoms with van der Waals surface area (Å²) in [5.41, 5.74) is 1.13. The summed E-state index contributed by atoms with van der Waals surface area (Å²) in [6.45, 7) is 0. The number of nitrogens with zero attached hydrogens (tertiary/aromatic N) is 3. The second-order valence-corrected chi connectivity index (χ2v) is 8.74. The predicted molar refractivity (Wildman–Crippen MR) is 109 cm³/mol. The van der Waals surface area contributed by atoms with Crippen molar-refractivity contribution < 1.29 is 9.53 Å². The van der Waals surface area contributed by atoms with Crippen LogP contribution < -0.4 is 10.3 Å². The molecule has 2 aliphatic heterocycles. The van der Waals surface area contributed by atoms with Gasteiger partial charge in [0.2, 0.25) is 0 Å². The van der Waals surface area contributed by atoms with Crippen LogP contribution in [-0.2, 0) is 0 Å². The summed E-state index contributed by atoms with van der Waals surface area (Å²) in [5, 5.41) is 0. The Morgan fingerprint density at radius 2 is 1.89 bits per heavy atom. The number of thiophene rings is 1. The summed E-state index contributed by atoms with van der Waals surface area (Å²) in [6, 6.07) is 10.5. The smallest absolute Gasteiger partial charge is 0.275 e. The van der Waals surface area contributed by atoms with Crippen LogP contribution in [0.3, 0.4) is 0 Å². The van der Waals surface area contributed by atoms with Gasteiger partial charge < -0.3 is 9.64 Å². The molecule has 0 amide bonds. The van der Waals surface area contributed by atoms with Gasteiger partial charge in [0, 0.05) is 12.1 Å². The Morgan fingerprint density at radius 1 is 1.18 bits per heavy atom. The fourth-order valence-electron chi connectivity index (χ4n) is 4.51. The fraction of sp³-hybridized carbons (Fsp3) is 0.381. The molecule has 7 heteroatoms. The van der Waals surface area contributed by atoms with Crippen molar-refractivity contribution in [3.8, 4) is 11.4 Å². The monoisotopic (exact) mass is 395 g/mol.